The van der Waals surface area contributed by atoms with Gasteiger partial charge in [0.2, 0.25) is 0 Å². The van der Waals surface area contributed by atoms with Gasteiger partial charge in [0.05, 0.1) is 17.8 Å². The molecule has 2 N–H and O–H groups in total. The van der Waals surface area contributed by atoms with E-state index in [9.17, 15) is 4.79 Å². The summed E-state index contributed by atoms with van der Waals surface area (Å²) in [6.07, 6.45) is 0.332. The van der Waals surface area contributed by atoms with Crippen LogP contribution in [0.15, 0.2) is 53.8 Å². The van der Waals surface area contributed by atoms with Crippen molar-refractivity contribution >= 4 is 28.9 Å². The summed E-state index contributed by atoms with van der Waals surface area (Å²) in [4.78, 5) is 12.1. The summed E-state index contributed by atoms with van der Waals surface area (Å²) in [5.74, 6) is 0.477. The lowest BCUT2D eigenvalue weighted by molar-refractivity contribution is 0.0984. The Hall–Kier alpha value is -2.73. The molecule has 0 aliphatic rings. The molecule has 7 heteroatoms. The van der Waals surface area contributed by atoms with E-state index in [-0.39, 0.29) is 24.5 Å². The van der Waals surface area contributed by atoms with Crippen LogP contribution in [0.2, 0.25) is 5.02 Å². The second kappa shape index (κ2) is 8.21. The van der Waals surface area contributed by atoms with Crippen LogP contribution >= 0.6 is 11.6 Å². The molecule has 0 bridgehead atoms. The van der Waals surface area contributed by atoms with Crippen molar-refractivity contribution in [3.05, 3.63) is 59.1 Å². The number of rotatable bonds is 7. The predicted octanol–water partition coefficient (Wildman–Crippen LogP) is 4.74. The highest BCUT2D eigenvalue weighted by atomic mass is 35.5. The van der Waals surface area contributed by atoms with Gasteiger partial charge in [0.25, 0.3) is 0 Å². The predicted molar refractivity (Wildman–Crippen MR) is 93.4 cm³/mol. The summed E-state index contributed by atoms with van der Waals surface area (Å²) in [7, 11) is 1.50. The van der Waals surface area contributed by atoms with Gasteiger partial charge in [-0.05, 0) is 18.2 Å². The quantitative estimate of drug-likeness (QED) is 0.250. The Bertz CT molecular complexity index is 750. The molecule has 0 saturated heterocycles. The Kier molecular flexibility index (Phi) is 6.03. The summed E-state index contributed by atoms with van der Waals surface area (Å²) in [6.45, 7) is 0. The van der Waals surface area contributed by atoms with Crippen molar-refractivity contribution in [2.45, 2.75) is 12.8 Å². The number of Topliss-reactive ketones (excluding diaryl/α,β-unsaturated/α-hetero) is 1. The molecule has 0 spiro atoms. The third kappa shape index (κ3) is 4.17. The van der Waals surface area contributed by atoms with Gasteiger partial charge >= 0.3 is 0 Å². The minimum Gasteiger partial charge on any atom is -0.495 e. The van der Waals surface area contributed by atoms with Crippen LogP contribution in [0.1, 0.15) is 23.2 Å². The van der Waals surface area contributed by atoms with Crippen molar-refractivity contribution in [2.75, 3.05) is 12.1 Å². The van der Waals surface area contributed by atoms with E-state index in [4.69, 9.17) is 27.3 Å². The second-order valence-electron chi connectivity index (χ2n) is 4.97. The number of amidine groups is 1. The van der Waals surface area contributed by atoms with Gasteiger partial charge in [-0.15, -0.1) is 0 Å². The van der Waals surface area contributed by atoms with Crippen LogP contribution in [-0.2, 0) is 0 Å². The average Bonchev–Trinajstić information content (AvgIpc) is 2.61. The summed E-state index contributed by atoms with van der Waals surface area (Å²) < 4.78 is 5.08. The molecule has 0 aliphatic carbocycles. The highest BCUT2D eigenvalue weighted by molar-refractivity contribution is 6.32. The molecule has 2 rings (SSSR count). The largest absolute Gasteiger partial charge is 0.495 e. The zero-order valence-electron chi connectivity index (χ0n) is 13.1. The molecule has 0 fully saturated rings. The third-order valence-corrected chi connectivity index (χ3v) is 3.72. The van der Waals surface area contributed by atoms with Crippen molar-refractivity contribution in [2.24, 2.45) is 5.22 Å². The Morgan fingerprint density at radius 1 is 1.21 bits per heavy atom. The first kappa shape index (κ1) is 17.6. The number of carbonyl (C=O) groups excluding carboxylic acids is 1. The lowest BCUT2D eigenvalue weighted by Gasteiger charge is -2.18. The number of carbonyl (C=O) groups is 1. The molecular weight excluding hydrogens is 328 g/mol. The number of methoxy groups -OCH3 is 1. The molecule has 0 radical (unpaired) electrons. The summed E-state index contributed by atoms with van der Waals surface area (Å²) >= 11 is 6.06. The molecule has 2 aromatic carbocycles. The minimum atomic E-state index is -0.0574. The van der Waals surface area contributed by atoms with Crippen molar-refractivity contribution in [3.8, 4) is 5.75 Å². The Balaban J connectivity index is 2.05. The standard InChI is InChI=1S/C17H17ClN4O2/c1-24-16-9-7-13(11-14(16)18)22(21-20)17(19)10-8-15(23)12-5-3-2-4-6-12/h2-7,9,11,19-20H,8,10H2,1H3. The van der Waals surface area contributed by atoms with E-state index in [2.05, 4.69) is 5.22 Å². The summed E-state index contributed by atoms with van der Waals surface area (Å²) in [5.41, 5.74) is 8.37. The summed E-state index contributed by atoms with van der Waals surface area (Å²) in [6, 6.07) is 13.8. The molecule has 2 aromatic rings. The molecule has 6 nitrogen and oxygen atoms in total. The van der Waals surface area contributed by atoms with Crippen molar-refractivity contribution in [1.29, 1.82) is 10.9 Å². The Morgan fingerprint density at radius 3 is 2.50 bits per heavy atom. The van der Waals surface area contributed by atoms with Crippen LogP contribution in [0.25, 0.3) is 0 Å². The smallest absolute Gasteiger partial charge is 0.163 e. The fourth-order valence-corrected chi connectivity index (χ4v) is 2.42. The molecule has 0 saturated carbocycles. The molecule has 0 heterocycles. The van der Waals surface area contributed by atoms with Gasteiger partial charge in [-0.3, -0.25) is 10.2 Å². The average molecular weight is 345 g/mol. The monoisotopic (exact) mass is 344 g/mol. The van der Waals surface area contributed by atoms with E-state index < -0.39 is 0 Å². The van der Waals surface area contributed by atoms with E-state index >= 15 is 0 Å². The molecule has 0 aromatic heterocycles. The van der Waals surface area contributed by atoms with Gasteiger partial charge in [0.1, 0.15) is 11.6 Å². The lowest BCUT2D eigenvalue weighted by atomic mass is 10.1. The number of nitrogens with one attached hydrogen (secondary N) is 2. The van der Waals surface area contributed by atoms with Gasteiger partial charge in [0.15, 0.2) is 5.78 Å². The van der Waals surface area contributed by atoms with Crippen molar-refractivity contribution in [1.82, 2.24) is 0 Å². The topological polar surface area (TPSA) is 89.6 Å². The summed E-state index contributed by atoms with van der Waals surface area (Å²) in [5, 5.41) is 12.9. The van der Waals surface area contributed by atoms with Crippen LogP contribution in [0.5, 0.6) is 5.75 Å². The zero-order chi connectivity index (χ0) is 17.5. The molecule has 0 unspecified atom stereocenters. The number of nitrogens with zero attached hydrogens (tertiary/aromatic N) is 2. The number of hydrogen-bond acceptors (Lipinski definition) is 5. The second-order valence-corrected chi connectivity index (χ2v) is 5.37. The molecule has 0 amide bonds. The van der Waals surface area contributed by atoms with Crippen LogP contribution in [-0.4, -0.2) is 18.7 Å². The lowest BCUT2D eigenvalue weighted by Crippen LogP contribution is -2.24. The number of ketones is 1. The number of halogens is 1. The fraction of sp³-hybridized carbons (Fsp3) is 0.176. The maximum absolute atomic E-state index is 12.1. The number of benzene rings is 2. The van der Waals surface area contributed by atoms with Crippen molar-refractivity contribution in [3.63, 3.8) is 0 Å². The van der Waals surface area contributed by atoms with E-state index in [1.807, 2.05) is 6.07 Å². The van der Waals surface area contributed by atoms with E-state index in [0.29, 0.717) is 22.0 Å². The first-order valence-electron chi connectivity index (χ1n) is 7.23. The van der Waals surface area contributed by atoms with Crippen LogP contribution in [0.4, 0.5) is 5.69 Å². The SMILES string of the molecule is COc1ccc(N(N=N)C(=N)CCC(=O)c2ccccc2)cc1Cl. The van der Waals surface area contributed by atoms with Gasteiger partial charge in [-0.25, -0.2) is 5.01 Å². The number of hydrogen-bond donors (Lipinski definition) is 2. The van der Waals surface area contributed by atoms with E-state index in [0.717, 1.165) is 5.01 Å². The van der Waals surface area contributed by atoms with Crippen LogP contribution < -0.4 is 9.75 Å². The molecule has 0 aliphatic heterocycles. The van der Waals surface area contributed by atoms with E-state index in [1.54, 1.807) is 42.5 Å². The van der Waals surface area contributed by atoms with Gasteiger partial charge in [-0.2, -0.15) is 5.53 Å². The first-order valence-corrected chi connectivity index (χ1v) is 7.61. The third-order valence-electron chi connectivity index (χ3n) is 3.42. The normalized spacial score (nSPS) is 10.1. The zero-order valence-corrected chi connectivity index (χ0v) is 13.9. The molecule has 124 valence electrons. The highest BCUT2D eigenvalue weighted by Gasteiger charge is 2.15. The maximum Gasteiger partial charge on any atom is 0.163 e. The van der Waals surface area contributed by atoms with Crippen molar-refractivity contribution < 1.29 is 9.53 Å². The van der Waals surface area contributed by atoms with Gasteiger partial charge < -0.3 is 4.74 Å². The molecular formula is C17H17ClN4O2. The Labute approximate surface area is 145 Å². The maximum atomic E-state index is 12.1. The number of ether oxygens (including phenoxy) is 1. The Morgan fingerprint density at radius 2 is 1.92 bits per heavy atom. The van der Waals surface area contributed by atoms with Crippen LogP contribution in [0, 0.1) is 10.9 Å². The van der Waals surface area contributed by atoms with Gasteiger partial charge in [0, 0.05) is 18.4 Å². The first-order chi connectivity index (χ1) is 11.6. The molecule has 24 heavy (non-hydrogen) atoms. The minimum absolute atomic E-state index is 0.0375. The van der Waals surface area contributed by atoms with E-state index in [1.165, 1.54) is 7.11 Å². The van der Waals surface area contributed by atoms with Gasteiger partial charge in [-0.1, -0.05) is 47.2 Å². The fourth-order valence-electron chi connectivity index (χ4n) is 2.17. The molecule has 0 atom stereocenters. The highest BCUT2D eigenvalue weighted by Crippen LogP contribution is 2.29. The van der Waals surface area contributed by atoms with Crippen LogP contribution in [0.3, 0.4) is 0 Å². The number of anilines is 1.